The molecule has 1 heterocycles. The Hall–Kier alpha value is -1.98. The van der Waals surface area contributed by atoms with E-state index in [-0.39, 0.29) is 11.9 Å². The van der Waals surface area contributed by atoms with E-state index >= 15 is 0 Å². The molecule has 0 bridgehead atoms. The molecule has 1 aliphatic rings. The third-order valence-corrected chi connectivity index (χ3v) is 6.17. The monoisotopic (exact) mass is 398 g/mol. The topological polar surface area (TPSA) is 41.6 Å². The lowest BCUT2D eigenvalue weighted by Gasteiger charge is -2.29. The number of hydrogen-bond acceptors (Lipinski definition) is 4. The molecule has 4 nitrogen and oxygen atoms in total. The predicted octanol–water partition coefficient (Wildman–Crippen LogP) is 4.52. The van der Waals surface area contributed by atoms with Crippen LogP contribution in [0.2, 0.25) is 0 Å². The zero-order valence-electron chi connectivity index (χ0n) is 16.8. The molecule has 0 aliphatic carbocycles. The van der Waals surface area contributed by atoms with Gasteiger partial charge in [0.15, 0.2) is 0 Å². The van der Waals surface area contributed by atoms with Crippen molar-refractivity contribution in [3.63, 3.8) is 0 Å². The molecule has 0 aromatic heterocycles. The highest BCUT2D eigenvalue weighted by molar-refractivity contribution is 7.98. The number of benzene rings is 2. The van der Waals surface area contributed by atoms with Crippen LogP contribution in [0, 0.1) is 0 Å². The van der Waals surface area contributed by atoms with Crippen molar-refractivity contribution in [2.75, 3.05) is 32.5 Å². The number of carbonyl (C=O) groups excluding carboxylic acids is 1. The molecule has 2 aromatic rings. The summed E-state index contributed by atoms with van der Waals surface area (Å²) in [6.45, 7) is 4.85. The number of ether oxygens (including phenoxy) is 1. The average Bonchev–Trinajstić information content (AvgIpc) is 3.27. The lowest BCUT2D eigenvalue weighted by Crippen LogP contribution is -2.37. The predicted molar refractivity (Wildman–Crippen MR) is 117 cm³/mol. The molecule has 150 valence electrons. The molecule has 2 aromatic carbocycles. The van der Waals surface area contributed by atoms with Gasteiger partial charge in [-0.2, -0.15) is 11.8 Å². The summed E-state index contributed by atoms with van der Waals surface area (Å²) in [5.74, 6) is 2.95. The summed E-state index contributed by atoms with van der Waals surface area (Å²) in [6.07, 6.45) is 2.41. The van der Waals surface area contributed by atoms with Gasteiger partial charge in [0, 0.05) is 23.4 Å². The third kappa shape index (κ3) is 5.30. The molecule has 5 heteroatoms. The molecular formula is C23H30N2O2S. The molecule has 1 N–H and O–H groups in total. The van der Waals surface area contributed by atoms with Gasteiger partial charge in [-0.15, -0.1) is 0 Å². The van der Waals surface area contributed by atoms with E-state index in [2.05, 4.69) is 35.3 Å². The van der Waals surface area contributed by atoms with Crippen molar-refractivity contribution in [1.29, 1.82) is 0 Å². The Kier molecular flexibility index (Phi) is 7.80. The van der Waals surface area contributed by atoms with E-state index in [1.165, 1.54) is 18.4 Å². The van der Waals surface area contributed by atoms with Crippen LogP contribution < -0.4 is 10.1 Å². The quantitative estimate of drug-likeness (QED) is 0.675. The van der Waals surface area contributed by atoms with E-state index in [1.807, 2.05) is 42.1 Å². The van der Waals surface area contributed by atoms with Gasteiger partial charge in [-0.05, 0) is 55.4 Å². The maximum absolute atomic E-state index is 12.7. The van der Waals surface area contributed by atoms with Crippen LogP contribution >= 0.6 is 11.8 Å². The second kappa shape index (κ2) is 10.5. The molecule has 1 unspecified atom stereocenters. The highest BCUT2D eigenvalue weighted by Gasteiger charge is 2.26. The summed E-state index contributed by atoms with van der Waals surface area (Å²) in [7, 11) is 1.71. The first kappa shape index (κ1) is 20.7. The Morgan fingerprint density at radius 3 is 2.54 bits per heavy atom. The molecule has 1 atom stereocenters. The van der Waals surface area contributed by atoms with Crippen LogP contribution in [0.25, 0.3) is 0 Å². The Balaban J connectivity index is 1.68. The van der Waals surface area contributed by atoms with Crippen molar-refractivity contribution in [3.05, 3.63) is 65.2 Å². The van der Waals surface area contributed by atoms with Crippen molar-refractivity contribution in [2.45, 2.75) is 31.6 Å². The summed E-state index contributed by atoms with van der Waals surface area (Å²) in [5, 5.41) is 3.15. The van der Waals surface area contributed by atoms with Crippen molar-refractivity contribution in [3.8, 4) is 5.75 Å². The summed E-state index contributed by atoms with van der Waals surface area (Å²) in [4.78, 5) is 15.2. The Morgan fingerprint density at radius 2 is 1.86 bits per heavy atom. The second-order valence-corrected chi connectivity index (χ2v) is 8.32. The number of nitrogens with one attached hydrogen (secondary N) is 1. The Bertz CT molecular complexity index is 757. The highest BCUT2D eigenvalue weighted by atomic mass is 32.2. The number of methoxy groups -OCH3 is 1. The van der Waals surface area contributed by atoms with E-state index in [0.717, 1.165) is 35.9 Å². The van der Waals surface area contributed by atoms with Gasteiger partial charge < -0.3 is 10.1 Å². The average molecular weight is 399 g/mol. The summed E-state index contributed by atoms with van der Waals surface area (Å²) in [6, 6.07) is 16.2. The fourth-order valence-electron chi connectivity index (χ4n) is 3.69. The molecular weight excluding hydrogens is 368 g/mol. The lowest BCUT2D eigenvalue weighted by molar-refractivity contribution is 0.0937. The first-order valence-corrected chi connectivity index (χ1v) is 11.2. The molecule has 1 amide bonds. The minimum absolute atomic E-state index is 0.0196. The van der Waals surface area contributed by atoms with Gasteiger partial charge in [0.1, 0.15) is 5.75 Å². The van der Waals surface area contributed by atoms with Crippen LogP contribution in [0.4, 0.5) is 0 Å². The van der Waals surface area contributed by atoms with Gasteiger partial charge in [-0.1, -0.05) is 37.3 Å². The number of hydrogen-bond donors (Lipinski definition) is 1. The van der Waals surface area contributed by atoms with Gasteiger partial charge in [0.05, 0.1) is 13.2 Å². The van der Waals surface area contributed by atoms with Gasteiger partial charge in [0.25, 0.3) is 5.91 Å². The van der Waals surface area contributed by atoms with Crippen LogP contribution in [0.3, 0.4) is 0 Å². The standard InChI is InChI=1S/C23H30N2O2S/c1-3-28-17-18-10-12-19(13-11-18)23(26)24-16-21(25-14-6-7-15-25)20-8-4-5-9-22(20)27-2/h4-5,8-13,21H,3,6-7,14-17H2,1-2H3,(H,24,26). The molecule has 0 saturated carbocycles. The molecule has 3 rings (SSSR count). The van der Waals surface area contributed by atoms with Crippen molar-refractivity contribution < 1.29 is 9.53 Å². The van der Waals surface area contributed by atoms with Crippen LogP contribution in [0.5, 0.6) is 5.75 Å². The van der Waals surface area contributed by atoms with Crippen LogP contribution in [-0.4, -0.2) is 43.3 Å². The lowest BCUT2D eigenvalue weighted by atomic mass is 10.0. The number of nitrogens with zero attached hydrogens (tertiary/aromatic N) is 1. The zero-order valence-corrected chi connectivity index (χ0v) is 17.6. The fraction of sp³-hybridized carbons (Fsp3) is 0.435. The number of amides is 1. The van der Waals surface area contributed by atoms with Gasteiger partial charge in [0.2, 0.25) is 0 Å². The van der Waals surface area contributed by atoms with Crippen LogP contribution in [0.15, 0.2) is 48.5 Å². The maximum atomic E-state index is 12.7. The van der Waals surface area contributed by atoms with Crippen molar-refractivity contribution >= 4 is 17.7 Å². The van der Waals surface area contributed by atoms with Gasteiger partial charge in [-0.3, -0.25) is 9.69 Å². The van der Waals surface area contributed by atoms with Crippen LogP contribution in [0.1, 0.15) is 47.3 Å². The molecule has 1 aliphatic heterocycles. The number of likely N-dealkylation sites (tertiary alicyclic amines) is 1. The van der Waals surface area contributed by atoms with Gasteiger partial charge >= 0.3 is 0 Å². The van der Waals surface area contributed by atoms with E-state index in [1.54, 1.807) is 7.11 Å². The summed E-state index contributed by atoms with van der Waals surface area (Å²) < 4.78 is 5.58. The largest absolute Gasteiger partial charge is 0.496 e. The Labute approximate surface area is 172 Å². The number of para-hydroxylation sites is 1. The molecule has 1 fully saturated rings. The third-order valence-electron chi connectivity index (χ3n) is 5.22. The first-order chi connectivity index (χ1) is 13.7. The van der Waals surface area contributed by atoms with E-state index < -0.39 is 0 Å². The molecule has 0 spiro atoms. The van der Waals surface area contributed by atoms with Gasteiger partial charge in [-0.25, -0.2) is 0 Å². The number of thioether (sulfide) groups is 1. The SMILES string of the molecule is CCSCc1ccc(C(=O)NCC(c2ccccc2OC)N2CCCC2)cc1. The number of carbonyl (C=O) groups is 1. The highest BCUT2D eigenvalue weighted by Crippen LogP contribution is 2.31. The maximum Gasteiger partial charge on any atom is 0.251 e. The molecule has 1 saturated heterocycles. The Morgan fingerprint density at radius 1 is 1.14 bits per heavy atom. The zero-order chi connectivity index (χ0) is 19.8. The van der Waals surface area contributed by atoms with E-state index in [0.29, 0.717) is 12.1 Å². The van der Waals surface area contributed by atoms with E-state index in [9.17, 15) is 4.79 Å². The summed E-state index contributed by atoms with van der Waals surface area (Å²) >= 11 is 1.89. The van der Waals surface area contributed by atoms with Crippen molar-refractivity contribution in [1.82, 2.24) is 10.2 Å². The van der Waals surface area contributed by atoms with Crippen LogP contribution in [-0.2, 0) is 5.75 Å². The van der Waals surface area contributed by atoms with Crippen molar-refractivity contribution in [2.24, 2.45) is 0 Å². The smallest absolute Gasteiger partial charge is 0.251 e. The minimum Gasteiger partial charge on any atom is -0.496 e. The van der Waals surface area contributed by atoms with E-state index in [4.69, 9.17) is 4.74 Å². The normalized spacial score (nSPS) is 15.4. The molecule has 28 heavy (non-hydrogen) atoms. The molecule has 0 radical (unpaired) electrons. The summed E-state index contributed by atoms with van der Waals surface area (Å²) in [5.41, 5.74) is 3.11. The number of rotatable bonds is 9. The minimum atomic E-state index is -0.0196. The second-order valence-electron chi connectivity index (χ2n) is 7.04. The fourth-order valence-corrected chi connectivity index (χ4v) is 4.33. The first-order valence-electron chi connectivity index (χ1n) is 10.0.